The molecule has 28 heavy (non-hydrogen) atoms. The highest BCUT2D eigenvalue weighted by Crippen LogP contribution is 2.28. The number of amides is 1. The number of hydrogen-bond acceptors (Lipinski definition) is 4. The molecule has 2 aliphatic heterocycles. The van der Waals surface area contributed by atoms with Crippen molar-refractivity contribution >= 4 is 23.0 Å². The molecule has 2 N–H and O–H groups in total. The summed E-state index contributed by atoms with van der Waals surface area (Å²) in [5.41, 5.74) is 4.18. The van der Waals surface area contributed by atoms with Gasteiger partial charge < -0.3 is 20.3 Å². The number of nitrogens with zero attached hydrogens (tertiary/aromatic N) is 1. The van der Waals surface area contributed by atoms with Gasteiger partial charge in [0.05, 0.1) is 0 Å². The molecular weight excluding hydrogens is 350 g/mol. The maximum absolute atomic E-state index is 12.6. The van der Waals surface area contributed by atoms with E-state index in [1.807, 2.05) is 50.4 Å². The lowest BCUT2D eigenvalue weighted by atomic mass is 10.1. The van der Waals surface area contributed by atoms with Crippen LogP contribution < -0.4 is 15.5 Å². The van der Waals surface area contributed by atoms with E-state index in [1.165, 1.54) is 11.3 Å². The first kappa shape index (κ1) is 18.6. The van der Waals surface area contributed by atoms with E-state index in [0.717, 1.165) is 36.5 Å². The minimum Gasteiger partial charge on any atom is -0.480 e. The predicted molar refractivity (Wildman–Crippen MR) is 113 cm³/mol. The van der Waals surface area contributed by atoms with E-state index < -0.39 is 6.10 Å². The smallest absolute Gasteiger partial charge is 0.265 e. The Morgan fingerprint density at radius 3 is 2.71 bits per heavy atom. The number of likely N-dealkylation sites (N-methyl/N-ethyl adjacent to an activating group) is 1. The van der Waals surface area contributed by atoms with E-state index >= 15 is 0 Å². The average molecular weight is 377 g/mol. The number of carbonyl (C=O) groups is 1. The van der Waals surface area contributed by atoms with Crippen LogP contribution >= 0.6 is 0 Å². The molecule has 2 heterocycles. The highest BCUT2D eigenvalue weighted by atomic mass is 16.5. The monoisotopic (exact) mass is 377 g/mol. The van der Waals surface area contributed by atoms with Gasteiger partial charge in [0.1, 0.15) is 5.76 Å². The molecule has 0 spiro atoms. The molecule has 0 radical (unpaired) electrons. The number of carbonyl (C=O) groups excluding carboxylic acids is 1. The third-order valence-electron chi connectivity index (χ3n) is 5.48. The summed E-state index contributed by atoms with van der Waals surface area (Å²) in [7, 11) is 2.01. The van der Waals surface area contributed by atoms with Crippen molar-refractivity contribution in [1.82, 2.24) is 5.32 Å². The Hall–Kier alpha value is -2.79. The molecule has 2 aromatic rings. The molecule has 2 atom stereocenters. The van der Waals surface area contributed by atoms with E-state index in [9.17, 15) is 4.79 Å². The Labute approximate surface area is 166 Å². The van der Waals surface area contributed by atoms with Crippen LogP contribution in [0.5, 0.6) is 0 Å². The number of aryl methyl sites for hydroxylation is 1. The van der Waals surface area contributed by atoms with Crippen LogP contribution in [-0.4, -0.2) is 38.2 Å². The summed E-state index contributed by atoms with van der Waals surface area (Å²) in [6.45, 7) is 4.12. The first-order chi connectivity index (χ1) is 13.6. The molecule has 2 unspecified atom stereocenters. The fourth-order valence-corrected chi connectivity index (χ4v) is 3.82. The standard InChI is InChI=1S/C23H27N3O2/c1-16-4-3-5-17(14-16)21-10-11-22(28-21)23(27)25-18-6-8-20(9-7-18)26-13-12-19(15-26)24-2/h3-10,14,19,22,24H,11-13,15H2,1-2H3,(H,25,27). The molecule has 4 rings (SSSR count). The number of anilines is 2. The van der Waals surface area contributed by atoms with Crippen LogP contribution in [0, 0.1) is 6.92 Å². The van der Waals surface area contributed by atoms with Crippen molar-refractivity contribution in [3.05, 3.63) is 65.7 Å². The molecule has 0 aromatic heterocycles. The predicted octanol–water partition coefficient (Wildman–Crippen LogP) is 3.56. The van der Waals surface area contributed by atoms with Gasteiger partial charge in [-0.15, -0.1) is 0 Å². The second-order valence-corrected chi connectivity index (χ2v) is 7.54. The number of benzene rings is 2. The van der Waals surface area contributed by atoms with Gasteiger partial charge in [-0.2, -0.15) is 0 Å². The molecule has 0 saturated carbocycles. The van der Waals surface area contributed by atoms with Crippen molar-refractivity contribution in [2.75, 3.05) is 30.4 Å². The first-order valence-corrected chi connectivity index (χ1v) is 9.89. The summed E-state index contributed by atoms with van der Waals surface area (Å²) in [5.74, 6) is 0.676. The molecule has 1 fully saturated rings. The van der Waals surface area contributed by atoms with Crippen molar-refractivity contribution in [1.29, 1.82) is 0 Å². The topological polar surface area (TPSA) is 53.6 Å². The van der Waals surface area contributed by atoms with Crippen molar-refractivity contribution in [3.63, 3.8) is 0 Å². The van der Waals surface area contributed by atoms with Gasteiger partial charge in [0.15, 0.2) is 6.10 Å². The van der Waals surface area contributed by atoms with Gasteiger partial charge in [-0.3, -0.25) is 4.79 Å². The van der Waals surface area contributed by atoms with Gasteiger partial charge in [-0.25, -0.2) is 0 Å². The third-order valence-corrected chi connectivity index (χ3v) is 5.48. The molecule has 0 bridgehead atoms. The largest absolute Gasteiger partial charge is 0.480 e. The Morgan fingerprint density at radius 1 is 1.18 bits per heavy atom. The van der Waals surface area contributed by atoms with Gasteiger partial charge in [-0.1, -0.05) is 23.8 Å². The molecule has 5 nitrogen and oxygen atoms in total. The molecule has 1 amide bonds. The summed E-state index contributed by atoms with van der Waals surface area (Å²) < 4.78 is 5.90. The quantitative estimate of drug-likeness (QED) is 0.837. The summed E-state index contributed by atoms with van der Waals surface area (Å²) >= 11 is 0. The minimum atomic E-state index is -0.481. The second kappa shape index (κ2) is 8.07. The van der Waals surface area contributed by atoms with Crippen LogP contribution in [0.4, 0.5) is 11.4 Å². The average Bonchev–Trinajstić information content (AvgIpc) is 3.38. The van der Waals surface area contributed by atoms with Gasteiger partial charge in [-0.05, 0) is 56.8 Å². The normalized spacial score (nSPS) is 21.4. The maximum atomic E-state index is 12.6. The van der Waals surface area contributed by atoms with Gasteiger partial charge >= 0.3 is 0 Å². The maximum Gasteiger partial charge on any atom is 0.265 e. The third kappa shape index (κ3) is 4.04. The summed E-state index contributed by atoms with van der Waals surface area (Å²) in [4.78, 5) is 15.0. The van der Waals surface area contributed by atoms with Crippen LogP contribution in [0.15, 0.2) is 54.6 Å². The highest BCUT2D eigenvalue weighted by molar-refractivity contribution is 5.95. The number of ether oxygens (including phenoxy) is 1. The van der Waals surface area contributed by atoms with Crippen molar-refractivity contribution in [3.8, 4) is 0 Å². The van der Waals surface area contributed by atoms with Crippen molar-refractivity contribution in [2.24, 2.45) is 0 Å². The van der Waals surface area contributed by atoms with Gasteiger partial charge in [0.25, 0.3) is 5.91 Å². The molecule has 5 heteroatoms. The molecular formula is C23H27N3O2. The second-order valence-electron chi connectivity index (χ2n) is 7.54. The SMILES string of the molecule is CNC1CCN(c2ccc(NC(=O)C3CC=C(c4cccc(C)c4)O3)cc2)C1. The van der Waals surface area contributed by atoms with Crippen LogP contribution in [0.3, 0.4) is 0 Å². The minimum absolute atomic E-state index is 0.108. The van der Waals surface area contributed by atoms with Crippen molar-refractivity contribution in [2.45, 2.75) is 31.9 Å². The van der Waals surface area contributed by atoms with E-state index in [-0.39, 0.29) is 5.91 Å². The van der Waals surface area contributed by atoms with E-state index in [2.05, 4.69) is 33.7 Å². The van der Waals surface area contributed by atoms with E-state index in [0.29, 0.717) is 12.5 Å². The Balaban J connectivity index is 1.33. The van der Waals surface area contributed by atoms with Gasteiger partial charge in [0.2, 0.25) is 0 Å². The summed E-state index contributed by atoms with van der Waals surface area (Å²) in [5, 5.41) is 6.31. The zero-order valence-electron chi connectivity index (χ0n) is 16.4. The first-order valence-electron chi connectivity index (χ1n) is 9.89. The molecule has 146 valence electrons. The molecule has 1 saturated heterocycles. The number of rotatable bonds is 5. The Bertz CT molecular complexity index is 876. The molecule has 2 aromatic carbocycles. The number of nitrogens with one attached hydrogen (secondary N) is 2. The lowest BCUT2D eigenvalue weighted by Crippen LogP contribution is -2.29. The van der Waals surface area contributed by atoms with Crippen LogP contribution in [0.25, 0.3) is 5.76 Å². The van der Waals surface area contributed by atoms with Crippen LogP contribution in [0.1, 0.15) is 24.0 Å². The van der Waals surface area contributed by atoms with Crippen LogP contribution in [0.2, 0.25) is 0 Å². The Morgan fingerprint density at radius 2 is 2.00 bits per heavy atom. The Kier molecular flexibility index (Phi) is 5.35. The molecule has 2 aliphatic rings. The van der Waals surface area contributed by atoms with Crippen molar-refractivity contribution < 1.29 is 9.53 Å². The number of hydrogen-bond donors (Lipinski definition) is 2. The van der Waals surface area contributed by atoms with E-state index in [4.69, 9.17) is 4.74 Å². The lowest BCUT2D eigenvalue weighted by Gasteiger charge is -2.19. The molecule has 0 aliphatic carbocycles. The highest BCUT2D eigenvalue weighted by Gasteiger charge is 2.26. The van der Waals surface area contributed by atoms with Crippen LogP contribution in [-0.2, 0) is 9.53 Å². The van der Waals surface area contributed by atoms with E-state index in [1.54, 1.807) is 0 Å². The lowest BCUT2D eigenvalue weighted by molar-refractivity contribution is -0.123. The zero-order valence-corrected chi connectivity index (χ0v) is 16.4. The fourth-order valence-electron chi connectivity index (χ4n) is 3.82. The summed E-state index contributed by atoms with van der Waals surface area (Å²) in [6.07, 6.45) is 3.26. The zero-order chi connectivity index (χ0) is 19.5. The van der Waals surface area contributed by atoms with Gasteiger partial charge in [0, 0.05) is 42.5 Å². The fraction of sp³-hybridized carbons (Fsp3) is 0.348. The summed E-state index contributed by atoms with van der Waals surface area (Å²) in [6, 6.07) is 16.7.